The maximum atomic E-state index is 12.7. The first-order valence-electron chi connectivity index (χ1n) is 8.29. The second-order valence-corrected chi connectivity index (χ2v) is 9.30. The van der Waals surface area contributed by atoms with Crippen molar-refractivity contribution >= 4 is 50.3 Å². The number of thiocarbonyl (C=S) groups is 2. The highest BCUT2D eigenvalue weighted by molar-refractivity contribution is 7.94. The van der Waals surface area contributed by atoms with Crippen LogP contribution in [0.4, 0.5) is 0 Å². The van der Waals surface area contributed by atoms with Crippen LogP contribution in [0.3, 0.4) is 0 Å². The van der Waals surface area contributed by atoms with Gasteiger partial charge >= 0.3 is 0 Å². The standard InChI is InChI=1S/C15H25N5O3S3/c1-18(2)9-12(13(21)16-19(3)14(24)10-5-6-10)26(22,23)17-20(4)15(25)11-7-8-11/h9-11,17H,5-8H2,1-4H3,(H,16,21). The molecule has 2 aliphatic carbocycles. The van der Waals surface area contributed by atoms with E-state index in [2.05, 4.69) is 10.3 Å². The molecule has 11 heteroatoms. The number of hydrogen-bond acceptors (Lipinski definition) is 6. The molecule has 2 N–H and O–H groups in total. The van der Waals surface area contributed by atoms with Crippen molar-refractivity contribution in [2.75, 3.05) is 28.2 Å². The Morgan fingerprint density at radius 2 is 1.42 bits per heavy atom. The fourth-order valence-corrected chi connectivity index (χ4v) is 4.05. The van der Waals surface area contributed by atoms with E-state index in [1.807, 2.05) is 0 Å². The summed E-state index contributed by atoms with van der Waals surface area (Å²) < 4.78 is 25.5. The fraction of sp³-hybridized carbons (Fsp3) is 0.667. The molecule has 2 aliphatic rings. The minimum Gasteiger partial charge on any atom is -0.382 e. The second kappa shape index (κ2) is 8.15. The zero-order chi connectivity index (χ0) is 19.6. The summed E-state index contributed by atoms with van der Waals surface area (Å²) in [7, 11) is 2.31. The van der Waals surface area contributed by atoms with Crippen molar-refractivity contribution in [3.63, 3.8) is 0 Å². The smallest absolute Gasteiger partial charge is 0.284 e. The predicted octanol–water partition coefficient (Wildman–Crippen LogP) is 0.593. The number of nitrogens with one attached hydrogen (secondary N) is 2. The number of hydrazine groups is 2. The van der Waals surface area contributed by atoms with Gasteiger partial charge < -0.3 is 4.90 Å². The van der Waals surface area contributed by atoms with Crippen LogP contribution in [0.1, 0.15) is 25.7 Å². The van der Waals surface area contributed by atoms with E-state index < -0.39 is 20.8 Å². The van der Waals surface area contributed by atoms with Gasteiger partial charge in [0.05, 0.1) is 9.98 Å². The van der Waals surface area contributed by atoms with E-state index in [9.17, 15) is 13.2 Å². The lowest BCUT2D eigenvalue weighted by molar-refractivity contribution is -0.119. The van der Waals surface area contributed by atoms with Gasteiger partial charge in [-0.3, -0.25) is 20.2 Å². The SMILES string of the molecule is CN(C)C=C(C(=O)NN(C)C(=S)C1CC1)S(=O)(=O)NN(C)C(=S)C1CC1. The van der Waals surface area contributed by atoms with Crippen LogP contribution in [-0.4, -0.2) is 67.4 Å². The molecule has 0 spiro atoms. The molecule has 0 aromatic carbocycles. The molecule has 2 fully saturated rings. The highest BCUT2D eigenvalue weighted by Gasteiger charge is 2.34. The van der Waals surface area contributed by atoms with E-state index >= 15 is 0 Å². The Hall–Kier alpha value is -1.30. The first-order valence-corrected chi connectivity index (χ1v) is 10.6. The topological polar surface area (TPSA) is 85.0 Å². The first-order chi connectivity index (χ1) is 12.0. The molecule has 8 nitrogen and oxygen atoms in total. The summed E-state index contributed by atoms with van der Waals surface area (Å²) in [4.78, 5) is 17.2. The van der Waals surface area contributed by atoms with Gasteiger partial charge in [-0.2, -0.15) is 0 Å². The molecule has 0 radical (unpaired) electrons. The summed E-state index contributed by atoms with van der Waals surface area (Å²) in [6.07, 6.45) is 5.13. The van der Waals surface area contributed by atoms with Crippen LogP contribution >= 0.6 is 24.4 Å². The summed E-state index contributed by atoms with van der Waals surface area (Å²) in [5.41, 5.74) is 2.54. The van der Waals surface area contributed by atoms with Gasteiger partial charge in [0.25, 0.3) is 15.9 Å². The molecule has 0 aromatic heterocycles. The predicted molar refractivity (Wildman–Crippen MR) is 108 cm³/mol. The average Bonchev–Trinajstić information content (AvgIpc) is 3.41. The fourth-order valence-electron chi connectivity index (χ4n) is 2.23. The Morgan fingerprint density at radius 1 is 0.962 bits per heavy atom. The lowest BCUT2D eigenvalue weighted by Gasteiger charge is -2.24. The van der Waals surface area contributed by atoms with E-state index in [1.165, 1.54) is 28.2 Å². The lowest BCUT2D eigenvalue weighted by atomic mass is 10.4. The zero-order valence-electron chi connectivity index (χ0n) is 15.4. The molecule has 0 aliphatic heterocycles. The maximum absolute atomic E-state index is 12.7. The number of rotatable bonds is 7. The highest BCUT2D eigenvalue weighted by atomic mass is 32.2. The van der Waals surface area contributed by atoms with E-state index in [-0.39, 0.29) is 11.8 Å². The van der Waals surface area contributed by atoms with Gasteiger partial charge in [-0.1, -0.05) is 24.4 Å². The molecule has 0 unspecified atom stereocenters. The number of nitrogens with zero attached hydrogens (tertiary/aromatic N) is 3. The molecule has 2 saturated carbocycles. The third-order valence-electron chi connectivity index (χ3n) is 3.93. The van der Waals surface area contributed by atoms with Gasteiger partial charge in [0.15, 0.2) is 4.91 Å². The minimum atomic E-state index is -4.12. The van der Waals surface area contributed by atoms with Gasteiger partial charge in [0.1, 0.15) is 0 Å². The second-order valence-electron chi connectivity index (χ2n) is 6.84. The molecular weight excluding hydrogens is 394 g/mol. The quantitative estimate of drug-likeness (QED) is 0.352. The molecule has 2 rings (SSSR count). The Labute approximate surface area is 165 Å². The van der Waals surface area contributed by atoms with Crippen molar-refractivity contribution in [2.45, 2.75) is 25.7 Å². The number of amides is 1. The largest absolute Gasteiger partial charge is 0.382 e. The highest BCUT2D eigenvalue weighted by Crippen LogP contribution is 2.32. The van der Waals surface area contributed by atoms with Gasteiger partial charge in [-0.15, -0.1) is 4.83 Å². The van der Waals surface area contributed by atoms with Crippen LogP contribution in [0.15, 0.2) is 11.1 Å². The summed E-state index contributed by atoms with van der Waals surface area (Å²) in [5, 5.41) is 2.70. The third-order valence-corrected chi connectivity index (χ3v) is 6.53. The molecule has 0 saturated heterocycles. The molecule has 0 bridgehead atoms. The zero-order valence-corrected chi connectivity index (χ0v) is 17.8. The number of sulfonamides is 1. The van der Waals surface area contributed by atoms with E-state index in [4.69, 9.17) is 24.4 Å². The molecular formula is C15H25N5O3S3. The number of carbonyl (C=O) groups is 1. The molecule has 1 amide bonds. The van der Waals surface area contributed by atoms with Gasteiger partial charge in [-0.25, -0.2) is 8.42 Å². The summed E-state index contributed by atoms with van der Waals surface area (Å²) in [5.74, 6) is -0.273. The molecule has 146 valence electrons. The van der Waals surface area contributed by atoms with Gasteiger partial charge in [0, 0.05) is 46.2 Å². The van der Waals surface area contributed by atoms with Crippen molar-refractivity contribution in [2.24, 2.45) is 11.8 Å². The average molecular weight is 420 g/mol. The van der Waals surface area contributed by atoms with E-state index in [0.717, 1.165) is 25.7 Å². The molecule has 26 heavy (non-hydrogen) atoms. The Morgan fingerprint density at radius 3 is 1.85 bits per heavy atom. The maximum Gasteiger partial charge on any atom is 0.284 e. The molecule has 0 atom stereocenters. The third kappa shape index (κ3) is 5.60. The van der Waals surface area contributed by atoms with Gasteiger partial charge in [0.2, 0.25) is 0 Å². The van der Waals surface area contributed by atoms with Crippen LogP contribution in [0, 0.1) is 11.8 Å². The van der Waals surface area contributed by atoms with Crippen molar-refractivity contribution < 1.29 is 13.2 Å². The summed E-state index contributed by atoms with van der Waals surface area (Å²) in [6.45, 7) is 0. The van der Waals surface area contributed by atoms with Crippen LogP contribution in [0.25, 0.3) is 0 Å². The summed E-state index contributed by atoms with van der Waals surface area (Å²) in [6, 6.07) is 0. The van der Waals surface area contributed by atoms with Gasteiger partial charge in [-0.05, 0) is 25.7 Å². The summed E-state index contributed by atoms with van der Waals surface area (Å²) >= 11 is 10.5. The van der Waals surface area contributed by atoms with Crippen molar-refractivity contribution in [3.8, 4) is 0 Å². The Bertz CT molecular complexity index is 727. The number of hydrogen-bond donors (Lipinski definition) is 2. The lowest BCUT2D eigenvalue weighted by Crippen LogP contribution is -2.49. The van der Waals surface area contributed by atoms with Crippen LogP contribution in [-0.2, 0) is 14.8 Å². The first kappa shape index (κ1) is 21.0. The van der Waals surface area contributed by atoms with E-state index in [1.54, 1.807) is 21.1 Å². The van der Waals surface area contributed by atoms with Crippen molar-refractivity contribution in [1.29, 1.82) is 0 Å². The van der Waals surface area contributed by atoms with Crippen LogP contribution in [0.5, 0.6) is 0 Å². The van der Waals surface area contributed by atoms with Crippen molar-refractivity contribution in [1.82, 2.24) is 25.2 Å². The van der Waals surface area contributed by atoms with Crippen LogP contribution in [0.2, 0.25) is 0 Å². The molecule has 0 heterocycles. The Kier molecular flexibility index (Phi) is 6.59. The normalized spacial score (nSPS) is 17.5. The monoisotopic (exact) mass is 419 g/mol. The number of carbonyl (C=O) groups excluding carboxylic acids is 1. The molecule has 0 aromatic rings. The van der Waals surface area contributed by atoms with Crippen molar-refractivity contribution in [3.05, 3.63) is 11.1 Å². The van der Waals surface area contributed by atoms with E-state index in [0.29, 0.717) is 9.98 Å². The van der Waals surface area contributed by atoms with Crippen LogP contribution < -0.4 is 10.3 Å². The Balaban J connectivity index is 2.12. The minimum absolute atomic E-state index is 0.217.